The van der Waals surface area contributed by atoms with Gasteiger partial charge in [-0.15, -0.1) is 0 Å². The Morgan fingerprint density at radius 3 is 1.41 bits per heavy atom. The van der Waals surface area contributed by atoms with Crippen molar-refractivity contribution < 1.29 is 74.0 Å². The van der Waals surface area contributed by atoms with Gasteiger partial charge in [-0.2, -0.15) is 0 Å². The van der Waals surface area contributed by atoms with E-state index in [0.29, 0.717) is 0 Å². The van der Waals surface area contributed by atoms with Gasteiger partial charge >= 0.3 is 0 Å². The first kappa shape index (κ1) is 31.3. The Balaban J connectivity index is 1.29. The van der Waals surface area contributed by atoms with Gasteiger partial charge in [0.2, 0.25) is 0 Å². The largest absolute Gasteiger partial charge is 0.394 e. The Morgan fingerprint density at radius 1 is 0.538 bits per heavy atom. The van der Waals surface area contributed by atoms with Crippen LogP contribution in [0.15, 0.2) is 0 Å². The van der Waals surface area contributed by atoms with Gasteiger partial charge in [-0.25, -0.2) is 0 Å². The van der Waals surface area contributed by atoms with E-state index in [0.717, 1.165) is 0 Å². The maximum Gasteiger partial charge on any atom is 0.184 e. The summed E-state index contributed by atoms with van der Waals surface area (Å²) in [6, 6.07) is 0. The van der Waals surface area contributed by atoms with Gasteiger partial charge in [0.25, 0.3) is 0 Å². The first-order valence-corrected chi connectivity index (χ1v) is 13.3. The van der Waals surface area contributed by atoms with Crippen molar-refractivity contribution in [2.75, 3.05) is 6.61 Å². The quantitative estimate of drug-likeness (QED) is 0.148. The smallest absolute Gasteiger partial charge is 0.184 e. The SMILES string of the molecule is C[C@H]1O[C@@H](O[C@H]2[C@H](O)C[C@H](O[C@H]3[C@H](O)C[C@H](O[C@H]4[C@H](O)[C@@H](O)[C@@H](O)O[C@@H]4CO)O[C@@H]3C)O[C@@H]2C)C[C@@H](O)[C@@H]1O. The van der Waals surface area contributed by atoms with E-state index in [9.17, 15) is 40.9 Å². The van der Waals surface area contributed by atoms with E-state index in [1.807, 2.05) is 0 Å². The zero-order valence-corrected chi connectivity index (χ0v) is 22.1. The number of ether oxygens (including phenoxy) is 7. The summed E-state index contributed by atoms with van der Waals surface area (Å²) in [5, 5.41) is 80.8. The molecule has 0 spiro atoms. The average Bonchev–Trinajstić information content (AvgIpc) is 2.87. The maximum absolute atomic E-state index is 10.8. The molecule has 4 aliphatic rings. The standard InChI is InChI=1S/C24H42O15/c1-8-18(29)11(26)4-15(33-8)37-21-9(2)34-16(5-12(21)27)38-22-10(3)35-17(6-13(22)28)39-23-14(7-25)36-24(32)20(31)19(23)30/h8-32H,4-7H2,1-3H3/t8-,9-,10-,11-,12-,13-,14-,15+,16+,17+,18-,19-,20-,21-,22-,23-,24+/m1/s1. The monoisotopic (exact) mass is 570 g/mol. The molecule has 0 amide bonds. The molecule has 15 nitrogen and oxygen atoms in total. The molecule has 0 saturated carbocycles. The summed E-state index contributed by atoms with van der Waals surface area (Å²) in [6.45, 7) is 4.33. The lowest BCUT2D eigenvalue weighted by Gasteiger charge is -2.46. The van der Waals surface area contributed by atoms with Crippen LogP contribution in [0.2, 0.25) is 0 Å². The lowest BCUT2D eigenvalue weighted by atomic mass is 9.98. The Bertz CT molecular complexity index is 738. The van der Waals surface area contributed by atoms with Crippen LogP contribution in [0.1, 0.15) is 40.0 Å². The van der Waals surface area contributed by atoms with Crippen LogP contribution in [0.5, 0.6) is 0 Å². The third-order valence-corrected chi connectivity index (χ3v) is 7.73. The zero-order chi connectivity index (χ0) is 28.6. The topological polar surface area (TPSA) is 226 Å². The highest BCUT2D eigenvalue weighted by atomic mass is 16.7. The third-order valence-electron chi connectivity index (χ3n) is 7.73. The van der Waals surface area contributed by atoms with E-state index in [-0.39, 0.29) is 19.3 Å². The van der Waals surface area contributed by atoms with Gasteiger partial charge in [0.05, 0.1) is 43.2 Å². The zero-order valence-electron chi connectivity index (χ0n) is 22.1. The van der Waals surface area contributed by atoms with Crippen LogP contribution in [-0.2, 0) is 33.2 Å². The fourth-order valence-electron chi connectivity index (χ4n) is 5.48. The van der Waals surface area contributed by atoms with E-state index in [4.69, 9.17) is 33.2 Å². The summed E-state index contributed by atoms with van der Waals surface area (Å²) in [5.41, 5.74) is 0. The van der Waals surface area contributed by atoms with Crippen molar-refractivity contribution in [1.29, 1.82) is 0 Å². The first-order valence-electron chi connectivity index (χ1n) is 13.3. The highest BCUT2D eigenvalue weighted by Crippen LogP contribution is 2.33. The van der Waals surface area contributed by atoms with Gasteiger partial charge in [-0.3, -0.25) is 0 Å². The van der Waals surface area contributed by atoms with Crippen molar-refractivity contribution in [3.05, 3.63) is 0 Å². The lowest BCUT2D eigenvalue weighted by Crippen LogP contribution is -2.61. The van der Waals surface area contributed by atoms with Crippen molar-refractivity contribution in [3.8, 4) is 0 Å². The van der Waals surface area contributed by atoms with Crippen LogP contribution in [0.25, 0.3) is 0 Å². The Hall–Kier alpha value is -0.600. The Labute approximate surface area is 225 Å². The number of aliphatic hydroxyl groups excluding tert-OH is 8. The predicted molar refractivity (Wildman–Crippen MR) is 125 cm³/mol. The minimum atomic E-state index is -1.69. The van der Waals surface area contributed by atoms with Gasteiger partial charge < -0.3 is 74.0 Å². The molecule has 0 aromatic rings. The summed E-state index contributed by atoms with van der Waals surface area (Å²) in [6.07, 6.45) is -17.9. The van der Waals surface area contributed by atoms with Crippen LogP contribution >= 0.6 is 0 Å². The summed E-state index contributed by atoms with van der Waals surface area (Å²) in [7, 11) is 0. The third kappa shape index (κ3) is 7.07. The van der Waals surface area contributed by atoms with E-state index >= 15 is 0 Å². The molecule has 4 rings (SSSR count). The molecule has 17 atom stereocenters. The number of hydrogen-bond donors (Lipinski definition) is 8. The molecule has 4 heterocycles. The van der Waals surface area contributed by atoms with Crippen molar-refractivity contribution >= 4 is 0 Å². The number of rotatable bonds is 7. The molecule has 0 aromatic heterocycles. The van der Waals surface area contributed by atoms with Crippen molar-refractivity contribution in [3.63, 3.8) is 0 Å². The Morgan fingerprint density at radius 2 is 0.974 bits per heavy atom. The van der Waals surface area contributed by atoms with Crippen LogP contribution in [-0.4, -0.2) is 152 Å². The molecule has 4 saturated heterocycles. The van der Waals surface area contributed by atoms with Gasteiger partial charge in [-0.05, 0) is 20.8 Å². The highest BCUT2D eigenvalue weighted by molar-refractivity contribution is 4.92. The summed E-state index contributed by atoms with van der Waals surface area (Å²) in [5.74, 6) is 0. The van der Waals surface area contributed by atoms with Gasteiger partial charge in [0.1, 0.15) is 42.7 Å². The fourth-order valence-corrected chi connectivity index (χ4v) is 5.48. The van der Waals surface area contributed by atoms with Gasteiger partial charge in [0, 0.05) is 19.3 Å². The van der Waals surface area contributed by atoms with Crippen molar-refractivity contribution in [2.24, 2.45) is 0 Å². The molecule has 0 unspecified atom stereocenters. The van der Waals surface area contributed by atoms with E-state index < -0.39 is 111 Å². The molecule has 39 heavy (non-hydrogen) atoms. The number of hydrogen-bond acceptors (Lipinski definition) is 15. The molecule has 0 radical (unpaired) electrons. The van der Waals surface area contributed by atoms with Gasteiger partial charge in [-0.1, -0.05) is 0 Å². The van der Waals surface area contributed by atoms with E-state index in [1.54, 1.807) is 20.8 Å². The van der Waals surface area contributed by atoms with Crippen molar-refractivity contribution in [2.45, 2.75) is 145 Å². The molecule has 4 aliphatic heterocycles. The molecule has 8 N–H and O–H groups in total. The lowest BCUT2D eigenvalue weighted by molar-refractivity contribution is -0.351. The molecule has 0 bridgehead atoms. The molecule has 0 aliphatic carbocycles. The predicted octanol–water partition coefficient (Wildman–Crippen LogP) is -3.58. The van der Waals surface area contributed by atoms with Crippen LogP contribution in [0.4, 0.5) is 0 Å². The minimum absolute atomic E-state index is 0.0162. The normalized spacial score (nSPS) is 53.5. The molecular formula is C24H42O15. The fraction of sp³-hybridized carbons (Fsp3) is 1.00. The summed E-state index contributed by atoms with van der Waals surface area (Å²) in [4.78, 5) is 0. The second-order valence-corrected chi connectivity index (χ2v) is 10.7. The molecular weight excluding hydrogens is 528 g/mol. The maximum atomic E-state index is 10.8. The molecule has 0 aromatic carbocycles. The second-order valence-electron chi connectivity index (χ2n) is 10.7. The minimum Gasteiger partial charge on any atom is -0.394 e. The molecule has 15 heteroatoms. The van der Waals surface area contributed by atoms with Crippen LogP contribution in [0, 0.1) is 0 Å². The highest BCUT2D eigenvalue weighted by Gasteiger charge is 2.48. The number of aliphatic hydroxyl groups is 8. The first-order chi connectivity index (χ1) is 18.4. The Kier molecular flexibility index (Phi) is 10.6. The van der Waals surface area contributed by atoms with Crippen molar-refractivity contribution in [1.82, 2.24) is 0 Å². The molecule has 228 valence electrons. The van der Waals surface area contributed by atoms with E-state index in [2.05, 4.69) is 0 Å². The molecule has 4 fully saturated rings. The second kappa shape index (κ2) is 13.1. The summed E-state index contributed by atoms with van der Waals surface area (Å²) >= 11 is 0. The van der Waals surface area contributed by atoms with Crippen LogP contribution in [0.3, 0.4) is 0 Å². The van der Waals surface area contributed by atoms with Crippen LogP contribution < -0.4 is 0 Å². The summed E-state index contributed by atoms with van der Waals surface area (Å²) < 4.78 is 39.9. The average molecular weight is 571 g/mol. The van der Waals surface area contributed by atoms with E-state index in [1.165, 1.54) is 0 Å². The van der Waals surface area contributed by atoms with Gasteiger partial charge in [0.15, 0.2) is 25.2 Å².